The molecule has 0 aromatic heterocycles. The van der Waals surface area contributed by atoms with Crippen molar-refractivity contribution in [1.82, 2.24) is 15.2 Å². The molecule has 15 nitrogen and oxygen atoms in total. The van der Waals surface area contributed by atoms with Gasteiger partial charge in [-0.3, -0.25) is 34.7 Å². The van der Waals surface area contributed by atoms with E-state index in [0.717, 1.165) is 12.1 Å². The topological polar surface area (TPSA) is 187 Å². The molecule has 0 saturated carbocycles. The predicted molar refractivity (Wildman–Crippen MR) is 93.3 cm³/mol. The molecular formula is C14H17N7O8. The van der Waals surface area contributed by atoms with E-state index >= 15 is 0 Å². The van der Waals surface area contributed by atoms with Gasteiger partial charge in [-0.05, 0) is 6.07 Å². The van der Waals surface area contributed by atoms with Gasteiger partial charge in [0, 0.05) is 26.1 Å². The van der Waals surface area contributed by atoms with Gasteiger partial charge in [-0.2, -0.15) is 0 Å². The largest absolute Gasteiger partial charge is 0.569 e. The van der Waals surface area contributed by atoms with E-state index in [1.807, 2.05) is 0 Å². The van der Waals surface area contributed by atoms with Crippen molar-refractivity contribution >= 4 is 23.2 Å². The third kappa shape index (κ3) is 5.72. The number of nitro groups is 2. The average Bonchev–Trinajstić information content (AvgIpc) is 2.69. The lowest BCUT2D eigenvalue weighted by Gasteiger charge is -2.31. The first-order valence-electron chi connectivity index (χ1n) is 8.24. The SMILES string of the molecule is CC(=O)NCC(=O)N1CCN(/[N+]([O-])=N\Oc2ccc([N+](=O)[O-])cc2[N+](=O)[O-])CC1. The highest BCUT2D eigenvalue weighted by atomic mass is 16.7. The van der Waals surface area contributed by atoms with Crippen LogP contribution in [0.15, 0.2) is 23.5 Å². The van der Waals surface area contributed by atoms with Gasteiger partial charge >= 0.3 is 5.69 Å². The number of nitrogens with one attached hydrogen (secondary N) is 1. The molecule has 2 amide bonds. The summed E-state index contributed by atoms with van der Waals surface area (Å²) in [6, 6.07) is 2.64. The summed E-state index contributed by atoms with van der Waals surface area (Å²) in [5.74, 6) is -1.07. The molecule has 0 unspecified atom stereocenters. The second-order valence-corrected chi connectivity index (χ2v) is 5.84. The summed E-state index contributed by atoms with van der Waals surface area (Å²) in [6.07, 6.45) is 0. The molecule has 15 heteroatoms. The summed E-state index contributed by atoms with van der Waals surface area (Å²) in [5.41, 5.74) is -1.23. The molecule has 0 radical (unpaired) electrons. The molecule has 1 heterocycles. The van der Waals surface area contributed by atoms with Crippen LogP contribution in [0.25, 0.3) is 0 Å². The van der Waals surface area contributed by atoms with Crippen LogP contribution < -0.4 is 10.2 Å². The quantitative estimate of drug-likeness (QED) is 0.278. The van der Waals surface area contributed by atoms with Crippen molar-refractivity contribution in [3.8, 4) is 5.75 Å². The Hall–Kier alpha value is -4.04. The Bertz CT molecular complexity index is 850. The first kappa shape index (κ1) is 21.3. The molecular weight excluding hydrogens is 394 g/mol. The van der Waals surface area contributed by atoms with Gasteiger partial charge in [0.2, 0.25) is 22.8 Å². The standard InChI is InChI=1S/C14H17N7O8/c1-10(22)15-9-14(23)17-4-6-18(7-5-17)21(28)16-29-13-3-2-11(19(24)25)8-12(13)20(26)27/h2-3,8H,4-7,9H2,1H3,(H,15,22)/b21-16+. The zero-order valence-electron chi connectivity index (χ0n) is 15.2. The number of nitro benzene ring substituents is 2. The average molecular weight is 411 g/mol. The minimum absolute atomic E-state index is 0.0841. The zero-order chi connectivity index (χ0) is 21.6. The molecule has 2 rings (SSSR count). The van der Waals surface area contributed by atoms with Crippen LogP contribution >= 0.6 is 0 Å². The molecule has 1 N–H and O–H groups in total. The Morgan fingerprint density at radius 1 is 1.14 bits per heavy atom. The number of benzene rings is 1. The summed E-state index contributed by atoms with van der Waals surface area (Å²) in [7, 11) is 0. The maximum absolute atomic E-state index is 12.0. The van der Waals surface area contributed by atoms with Gasteiger partial charge in [0.25, 0.3) is 5.69 Å². The number of non-ortho nitro benzene ring substituents is 1. The van der Waals surface area contributed by atoms with E-state index in [2.05, 4.69) is 10.6 Å². The molecule has 1 aromatic rings. The second kappa shape index (κ2) is 9.25. The molecule has 1 saturated heterocycles. The number of piperazine rings is 1. The number of amides is 2. The lowest BCUT2D eigenvalue weighted by atomic mass is 10.2. The van der Waals surface area contributed by atoms with Gasteiger partial charge in [-0.1, -0.05) is 0 Å². The molecule has 1 aliphatic rings. The maximum atomic E-state index is 12.0. The Balaban J connectivity index is 1.97. The maximum Gasteiger partial charge on any atom is 0.321 e. The minimum Gasteiger partial charge on any atom is -0.569 e. The fourth-order valence-electron chi connectivity index (χ4n) is 2.40. The van der Waals surface area contributed by atoms with E-state index in [1.54, 1.807) is 0 Å². The van der Waals surface area contributed by atoms with Gasteiger partial charge in [0.15, 0.2) is 0 Å². The third-order valence-corrected chi connectivity index (χ3v) is 3.90. The van der Waals surface area contributed by atoms with E-state index in [-0.39, 0.29) is 49.5 Å². The molecule has 1 aromatic carbocycles. The molecule has 0 atom stereocenters. The van der Waals surface area contributed by atoms with Crippen molar-refractivity contribution in [2.75, 3.05) is 32.7 Å². The molecule has 0 aliphatic carbocycles. The third-order valence-electron chi connectivity index (χ3n) is 3.90. The van der Waals surface area contributed by atoms with Crippen LogP contribution in [0.1, 0.15) is 6.92 Å². The van der Waals surface area contributed by atoms with E-state index in [9.17, 15) is 35.0 Å². The van der Waals surface area contributed by atoms with Crippen LogP contribution in [0.3, 0.4) is 0 Å². The molecule has 1 fully saturated rings. The Labute approximate surface area is 162 Å². The summed E-state index contributed by atoms with van der Waals surface area (Å²) < 4.78 is 0. The van der Waals surface area contributed by atoms with Crippen molar-refractivity contribution in [3.05, 3.63) is 43.6 Å². The van der Waals surface area contributed by atoms with Crippen molar-refractivity contribution in [3.63, 3.8) is 0 Å². The highest BCUT2D eigenvalue weighted by Crippen LogP contribution is 2.31. The highest BCUT2D eigenvalue weighted by Gasteiger charge is 2.26. The van der Waals surface area contributed by atoms with Crippen LogP contribution in [0, 0.1) is 25.4 Å². The van der Waals surface area contributed by atoms with Crippen LogP contribution in [0.2, 0.25) is 0 Å². The molecule has 0 bridgehead atoms. The van der Waals surface area contributed by atoms with Crippen LogP contribution in [-0.4, -0.2) is 69.3 Å². The molecule has 156 valence electrons. The fourth-order valence-corrected chi connectivity index (χ4v) is 2.40. The molecule has 29 heavy (non-hydrogen) atoms. The van der Waals surface area contributed by atoms with Crippen molar-refractivity contribution in [2.24, 2.45) is 5.28 Å². The molecule has 1 aliphatic heterocycles. The number of carbonyl (C=O) groups is 2. The lowest BCUT2D eigenvalue weighted by molar-refractivity contribution is -0.708. The van der Waals surface area contributed by atoms with Crippen molar-refractivity contribution in [2.45, 2.75) is 6.92 Å². The zero-order valence-corrected chi connectivity index (χ0v) is 15.2. The predicted octanol–water partition coefficient (Wildman–Crippen LogP) is -0.0454. The van der Waals surface area contributed by atoms with Crippen molar-refractivity contribution < 1.29 is 29.2 Å². The second-order valence-electron chi connectivity index (χ2n) is 5.84. The van der Waals surface area contributed by atoms with Crippen molar-refractivity contribution in [1.29, 1.82) is 0 Å². The molecule has 0 spiro atoms. The van der Waals surface area contributed by atoms with E-state index in [4.69, 9.17) is 4.84 Å². The minimum atomic E-state index is -0.896. The van der Waals surface area contributed by atoms with E-state index < -0.39 is 27.0 Å². The van der Waals surface area contributed by atoms with Gasteiger partial charge in [-0.15, -0.1) is 5.01 Å². The van der Waals surface area contributed by atoms with Gasteiger partial charge < -0.3 is 15.4 Å². The number of rotatable bonds is 7. The number of hydrogen-bond donors (Lipinski definition) is 1. The highest BCUT2D eigenvalue weighted by molar-refractivity contribution is 5.83. The fraction of sp³-hybridized carbons (Fsp3) is 0.429. The van der Waals surface area contributed by atoms with Gasteiger partial charge in [0.1, 0.15) is 0 Å². The Kier molecular flexibility index (Phi) is 6.78. The number of nitrogens with zero attached hydrogens (tertiary/aromatic N) is 6. The van der Waals surface area contributed by atoms with E-state index in [1.165, 1.54) is 16.8 Å². The summed E-state index contributed by atoms with van der Waals surface area (Å²) in [5, 5.41) is 40.6. The summed E-state index contributed by atoms with van der Waals surface area (Å²) in [4.78, 5) is 49.1. The number of hydrogen-bond acceptors (Lipinski definition) is 9. The smallest absolute Gasteiger partial charge is 0.321 e. The Morgan fingerprint density at radius 3 is 2.34 bits per heavy atom. The van der Waals surface area contributed by atoms with Crippen LogP contribution in [0.5, 0.6) is 5.75 Å². The normalized spacial score (nSPS) is 14.3. The van der Waals surface area contributed by atoms with Crippen LogP contribution in [0.4, 0.5) is 11.4 Å². The monoisotopic (exact) mass is 411 g/mol. The van der Waals surface area contributed by atoms with Gasteiger partial charge in [-0.25, -0.2) is 0 Å². The summed E-state index contributed by atoms with van der Waals surface area (Å²) >= 11 is 0. The van der Waals surface area contributed by atoms with E-state index in [0.29, 0.717) is 6.07 Å². The first-order valence-corrected chi connectivity index (χ1v) is 8.24. The van der Waals surface area contributed by atoms with Gasteiger partial charge in [0.05, 0.1) is 40.5 Å². The summed E-state index contributed by atoms with van der Waals surface area (Å²) in [6.45, 7) is 1.77. The Morgan fingerprint density at radius 2 is 1.79 bits per heavy atom. The first-order chi connectivity index (χ1) is 13.7. The van der Waals surface area contributed by atoms with Crippen LogP contribution in [-0.2, 0) is 9.59 Å². The lowest BCUT2D eigenvalue weighted by Crippen LogP contribution is -2.52. The number of carbonyl (C=O) groups excluding carboxylic acids is 2. The number of hydrazine groups is 1.